The number of nitrogens with zero attached hydrogens (tertiary/aromatic N) is 1. The summed E-state index contributed by atoms with van der Waals surface area (Å²) in [6.07, 6.45) is 3.38. The summed E-state index contributed by atoms with van der Waals surface area (Å²) in [4.78, 5) is 30.2. The van der Waals surface area contributed by atoms with Crippen molar-refractivity contribution in [2.45, 2.75) is 92.6 Å². The maximum atomic E-state index is 13.9. The summed E-state index contributed by atoms with van der Waals surface area (Å²) in [5.74, 6) is 1.22. The molecule has 0 unspecified atom stereocenters. The van der Waals surface area contributed by atoms with Crippen molar-refractivity contribution in [3.63, 3.8) is 0 Å². The van der Waals surface area contributed by atoms with Crippen LogP contribution in [-0.2, 0) is 14.3 Å². The van der Waals surface area contributed by atoms with Gasteiger partial charge in [0.1, 0.15) is 0 Å². The maximum absolute atomic E-state index is 13.9. The van der Waals surface area contributed by atoms with Crippen molar-refractivity contribution in [2.75, 3.05) is 26.9 Å². The topological polar surface area (TPSA) is 65.1 Å². The molecule has 0 saturated carbocycles. The first-order valence-electron chi connectivity index (χ1n) is 14.1. The second kappa shape index (κ2) is 10.9. The fourth-order valence-corrected chi connectivity index (χ4v) is 6.34. The van der Waals surface area contributed by atoms with E-state index in [1.807, 2.05) is 39.0 Å². The number of allylic oxidation sites excluding steroid dienone is 4. The largest absolute Gasteiger partial charge is 0.490 e. The fourth-order valence-electron chi connectivity index (χ4n) is 6.34. The monoisotopic (exact) mass is 523 g/mol. The van der Waals surface area contributed by atoms with Crippen LogP contribution < -0.4 is 9.47 Å². The Labute approximate surface area is 228 Å². The molecule has 0 amide bonds. The molecule has 4 rings (SSSR count). The van der Waals surface area contributed by atoms with Crippen molar-refractivity contribution in [3.05, 3.63) is 46.3 Å². The molecular weight excluding hydrogens is 478 g/mol. The molecule has 0 spiro atoms. The number of carbonyl (C=O) groups is 2. The van der Waals surface area contributed by atoms with Gasteiger partial charge in [0, 0.05) is 61.6 Å². The zero-order valence-corrected chi connectivity index (χ0v) is 24.5. The first-order valence-corrected chi connectivity index (χ1v) is 14.1. The van der Waals surface area contributed by atoms with Crippen LogP contribution in [0, 0.1) is 10.8 Å². The van der Waals surface area contributed by atoms with Gasteiger partial charge in [-0.15, -0.1) is 0 Å². The van der Waals surface area contributed by atoms with Crippen molar-refractivity contribution in [1.29, 1.82) is 0 Å². The van der Waals surface area contributed by atoms with Gasteiger partial charge in [0.2, 0.25) is 0 Å². The van der Waals surface area contributed by atoms with Crippen molar-refractivity contribution < 1.29 is 23.8 Å². The predicted octanol–water partition coefficient (Wildman–Crippen LogP) is 6.59. The Morgan fingerprint density at radius 1 is 0.921 bits per heavy atom. The van der Waals surface area contributed by atoms with E-state index in [-0.39, 0.29) is 28.5 Å². The van der Waals surface area contributed by atoms with Crippen LogP contribution in [0.4, 0.5) is 0 Å². The van der Waals surface area contributed by atoms with Crippen LogP contribution in [0.3, 0.4) is 0 Å². The smallest absolute Gasteiger partial charge is 0.162 e. The number of hydrogen-bond donors (Lipinski definition) is 0. The molecule has 6 nitrogen and oxygen atoms in total. The molecule has 0 N–H and O–H groups in total. The molecule has 0 atom stereocenters. The second-order valence-electron chi connectivity index (χ2n) is 12.8. The number of rotatable bonds is 9. The summed E-state index contributed by atoms with van der Waals surface area (Å²) in [5.41, 5.74) is 4.37. The van der Waals surface area contributed by atoms with Crippen molar-refractivity contribution in [2.24, 2.45) is 10.8 Å². The van der Waals surface area contributed by atoms with Gasteiger partial charge in [0.05, 0.1) is 12.7 Å². The predicted molar refractivity (Wildman–Crippen MR) is 149 cm³/mol. The summed E-state index contributed by atoms with van der Waals surface area (Å²) >= 11 is 0. The Balaban J connectivity index is 1.94. The number of ether oxygens (including phenoxy) is 3. The highest BCUT2D eigenvalue weighted by Gasteiger charge is 2.48. The van der Waals surface area contributed by atoms with Gasteiger partial charge in [0.15, 0.2) is 23.1 Å². The molecule has 0 radical (unpaired) electrons. The Bertz CT molecular complexity index is 1100. The molecule has 1 heterocycles. The minimum atomic E-state index is -0.391. The van der Waals surface area contributed by atoms with E-state index >= 15 is 0 Å². The number of methoxy groups -OCH3 is 1. The van der Waals surface area contributed by atoms with Crippen molar-refractivity contribution in [3.8, 4) is 11.5 Å². The fraction of sp³-hybridized carbons (Fsp3) is 0.625. The van der Waals surface area contributed by atoms with Crippen LogP contribution in [0.2, 0.25) is 0 Å². The minimum absolute atomic E-state index is 0.00308. The lowest BCUT2D eigenvalue weighted by molar-refractivity contribution is -0.119. The van der Waals surface area contributed by atoms with Crippen LogP contribution >= 0.6 is 0 Å². The highest BCUT2D eigenvalue weighted by Crippen LogP contribution is 2.55. The summed E-state index contributed by atoms with van der Waals surface area (Å²) in [6, 6.07) is 5.93. The third-order valence-corrected chi connectivity index (χ3v) is 7.72. The number of Topliss-reactive ketones (excluding diaryl/α,β-unsaturated/α-hetero) is 2. The molecule has 0 saturated heterocycles. The molecular formula is C32H45NO5. The van der Waals surface area contributed by atoms with Gasteiger partial charge in [-0.2, -0.15) is 0 Å². The first-order chi connectivity index (χ1) is 17.9. The van der Waals surface area contributed by atoms with Crippen molar-refractivity contribution in [1.82, 2.24) is 4.90 Å². The Morgan fingerprint density at radius 2 is 1.50 bits per heavy atom. The van der Waals surface area contributed by atoms with Crippen LogP contribution in [0.25, 0.3) is 0 Å². The number of hydrogen-bond acceptors (Lipinski definition) is 6. The van der Waals surface area contributed by atoms with Crippen molar-refractivity contribution >= 4 is 11.6 Å². The van der Waals surface area contributed by atoms with Crippen LogP contribution in [0.1, 0.15) is 92.1 Å². The molecule has 0 bridgehead atoms. The summed E-state index contributed by atoms with van der Waals surface area (Å²) < 4.78 is 17.4. The van der Waals surface area contributed by atoms with E-state index in [9.17, 15) is 9.59 Å². The minimum Gasteiger partial charge on any atom is -0.490 e. The van der Waals surface area contributed by atoms with Gasteiger partial charge in [0.25, 0.3) is 0 Å². The molecule has 1 aromatic carbocycles. The molecule has 6 heteroatoms. The third-order valence-electron chi connectivity index (χ3n) is 7.72. The maximum Gasteiger partial charge on any atom is 0.162 e. The van der Waals surface area contributed by atoms with Gasteiger partial charge in [-0.05, 0) is 68.6 Å². The summed E-state index contributed by atoms with van der Waals surface area (Å²) in [7, 11) is 1.71. The lowest BCUT2D eigenvalue weighted by Gasteiger charge is -2.49. The molecule has 1 aliphatic heterocycles. The SMILES string of the molecule is CCOc1cc(C2C3=C(CC(C)(C)CC3=O)N(CCCOC)C3=C2C(=O)CC(C)(C)C3)ccc1OC(C)C. The van der Waals surface area contributed by atoms with Gasteiger partial charge in [-0.1, -0.05) is 33.8 Å². The van der Waals surface area contributed by atoms with E-state index in [0.29, 0.717) is 37.6 Å². The quantitative estimate of drug-likeness (QED) is 0.340. The Morgan fingerprint density at radius 3 is 2.00 bits per heavy atom. The highest BCUT2D eigenvalue weighted by atomic mass is 16.5. The van der Waals surface area contributed by atoms with Crippen LogP contribution in [0.5, 0.6) is 11.5 Å². The molecule has 3 aliphatic rings. The molecule has 38 heavy (non-hydrogen) atoms. The number of carbonyl (C=O) groups excluding carboxylic acids is 2. The van der Waals surface area contributed by atoms with Crippen LogP contribution in [0.15, 0.2) is 40.7 Å². The normalized spacial score (nSPS) is 21.1. The number of benzene rings is 1. The second-order valence-corrected chi connectivity index (χ2v) is 12.8. The van der Waals surface area contributed by atoms with Gasteiger partial charge in [-0.25, -0.2) is 0 Å². The highest BCUT2D eigenvalue weighted by molar-refractivity contribution is 6.06. The first kappa shape index (κ1) is 28.4. The zero-order chi connectivity index (χ0) is 27.8. The number of ketones is 2. The van der Waals surface area contributed by atoms with Crippen LogP contribution in [-0.4, -0.2) is 49.4 Å². The van der Waals surface area contributed by atoms with E-state index in [0.717, 1.165) is 53.9 Å². The van der Waals surface area contributed by atoms with E-state index < -0.39 is 5.92 Å². The Hall–Kier alpha value is -2.60. The molecule has 0 aromatic heterocycles. The lowest BCUT2D eigenvalue weighted by atomic mass is 9.63. The molecule has 0 fully saturated rings. The summed E-state index contributed by atoms with van der Waals surface area (Å²) in [6.45, 7) is 16.5. The lowest BCUT2D eigenvalue weighted by Crippen LogP contribution is -2.44. The van der Waals surface area contributed by atoms with E-state index in [2.05, 4.69) is 32.6 Å². The molecule has 2 aliphatic carbocycles. The Kier molecular flexibility index (Phi) is 8.13. The average molecular weight is 524 g/mol. The molecule has 1 aromatic rings. The van der Waals surface area contributed by atoms with Gasteiger partial charge in [-0.3, -0.25) is 9.59 Å². The standard InChI is InChI=1S/C32H45NO5/c1-9-37-27-15-21(11-12-26(27)38-20(2)3)28-29-22(16-31(4,5)18-24(29)34)33(13-10-14-36-8)23-17-32(6,7)19-25(35)30(23)28/h11-12,15,20,28H,9-10,13-14,16-19H2,1-8H3. The van der Waals surface area contributed by atoms with Gasteiger partial charge < -0.3 is 19.1 Å². The zero-order valence-electron chi connectivity index (χ0n) is 24.5. The van der Waals surface area contributed by atoms with E-state index in [1.165, 1.54) is 0 Å². The van der Waals surface area contributed by atoms with E-state index in [1.54, 1.807) is 7.11 Å². The third kappa shape index (κ3) is 5.70. The average Bonchev–Trinajstić information content (AvgIpc) is 2.79. The van der Waals surface area contributed by atoms with Gasteiger partial charge >= 0.3 is 0 Å². The van der Waals surface area contributed by atoms with E-state index in [4.69, 9.17) is 14.2 Å². The summed E-state index contributed by atoms with van der Waals surface area (Å²) in [5, 5.41) is 0. The molecule has 208 valence electrons.